The molecule has 8 heteroatoms. The van der Waals surface area contributed by atoms with Crippen molar-refractivity contribution in [1.82, 2.24) is 0 Å². The van der Waals surface area contributed by atoms with E-state index in [-0.39, 0.29) is 24.5 Å². The predicted octanol–water partition coefficient (Wildman–Crippen LogP) is 4.89. The molecule has 2 unspecified atom stereocenters. The van der Waals surface area contributed by atoms with Crippen LogP contribution in [0.1, 0.15) is 36.2 Å². The number of ether oxygens (including phenoxy) is 2. The third kappa shape index (κ3) is 7.48. The largest absolute Gasteiger partial charge is 0.462 e. The lowest BCUT2D eigenvalue weighted by molar-refractivity contribution is -0.152. The standard InChI is InChI=1S/C26H30O6S2/c1-17(2)25(29)31-15-18(3)14-23(27)32-16-26(30,20-8-12-22(34-5)13-9-20)24(28)19-6-10-21(33-4)11-7-19/h6-13,18,30H,1,14-16H2,2-5H3. The summed E-state index contributed by atoms with van der Waals surface area (Å²) in [6.45, 7) is 6.28. The lowest BCUT2D eigenvalue weighted by atomic mass is 9.86. The molecular weight excluding hydrogens is 472 g/mol. The van der Waals surface area contributed by atoms with E-state index in [4.69, 9.17) is 9.47 Å². The molecule has 2 aromatic carbocycles. The lowest BCUT2D eigenvalue weighted by Crippen LogP contribution is -2.41. The molecule has 0 aliphatic rings. The smallest absolute Gasteiger partial charge is 0.333 e. The van der Waals surface area contributed by atoms with E-state index in [2.05, 4.69) is 6.58 Å². The minimum Gasteiger partial charge on any atom is -0.462 e. The van der Waals surface area contributed by atoms with Gasteiger partial charge in [0, 0.05) is 26.8 Å². The molecule has 0 amide bonds. The number of rotatable bonds is 12. The molecule has 0 heterocycles. The molecular formula is C26H30O6S2. The maximum Gasteiger partial charge on any atom is 0.333 e. The Hall–Kier alpha value is -2.55. The number of benzene rings is 2. The first-order valence-corrected chi connectivity index (χ1v) is 13.1. The zero-order valence-electron chi connectivity index (χ0n) is 19.8. The summed E-state index contributed by atoms with van der Waals surface area (Å²) in [5.41, 5.74) is -1.13. The van der Waals surface area contributed by atoms with Crippen LogP contribution in [0.3, 0.4) is 0 Å². The number of Topliss-reactive ketones (excluding diaryl/α,β-unsaturated/α-hetero) is 1. The number of esters is 2. The summed E-state index contributed by atoms with van der Waals surface area (Å²) in [7, 11) is 0. The van der Waals surface area contributed by atoms with Gasteiger partial charge in [0.15, 0.2) is 5.60 Å². The van der Waals surface area contributed by atoms with Gasteiger partial charge in [-0.25, -0.2) is 4.79 Å². The highest BCUT2D eigenvalue weighted by Gasteiger charge is 2.40. The number of hydrogen-bond donors (Lipinski definition) is 1. The summed E-state index contributed by atoms with van der Waals surface area (Å²) in [5.74, 6) is -2.00. The zero-order chi connectivity index (χ0) is 25.3. The Labute approximate surface area is 209 Å². The van der Waals surface area contributed by atoms with Gasteiger partial charge in [0.25, 0.3) is 0 Å². The maximum absolute atomic E-state index is 13.4. The second kappa shape index (κ2) is 12.8. The monoisotopic (exact) mass is 502 g/mol. The van der Waals surface area contributed by atoms with Crippen molar-refractivity contribution < 1.29 is 29.0 Å². The van der Waals surface area contributed by atoms with Crippen LogP contribution >= 0.6 is 23.5 Å². The van der Waals surface area contributed by atoms with Gasteiger partial charge in [0.2, 0.25) is 5.78 Å². The van der Waals surface area contributed by atoms with Crippen LogP contribution in [-0.4, -0.2) is 48.6 Å². The molecule has 0 aromatic heterocycles. The van der Waals surface area contributed by atoms with E-state index in [9.17, 15) is 19.5 Å². The number of thioether (sulfide) groups is 2. The normalized spacial score (nSPS) is 13.4. The van der Waals surface area contributed by atoms with E-state index in [1.54, 1.807) is 74.1 Å². The molecule has 0 radical (unpaired) electrons. The Bertz CT molecular complexity index is 1020. The quantitative estimate of drug-likeness (QED) is 0.190. The second-order valence-corrected chi connectivity index (χ2v) is 9.75. The van der Waals surface area contributed by atoms with Gasteiger partial charge >= 0.3 is 11.9 Å². The molecule has 2 rings (SSSR count). The Morgan fingerprint density at radius 2 is 1.50 bits per heavy atom. The van der Waals surface area contributed by atoms with Crippen LogP contribution in [0.15, 0.2) is 70.5 Å². The van der Waals surface area contributed by atoms with Crippen LogP contribution < -0.4 is 0 Å². The van der Waals surface area contributed by atoms with Gasteiger partial charge in [-0.15, -0.1) is 23.5 Å². The van der Waals surface area contributed by atoms with E-state index in [0.717, 1.165) is 9.79 Å². The third-order valence-corrected chi connectivity index (χ3v) is 6.59. The highest BCUT2D eigenvalue weighted by atomic mass is 32.2. The van der Waals surface area contributed by atoms with Gasteiger partial charge in [-0.05, 0) is 49.3 Å². The van der Waals surface area contributed by atoms with Gasteiger partial charge in [0.1, 0.15) is 6.61 Å². The van der Waals surface area contributed by atoms with Crippen LogP contribution in [-0.2, 0) is 24.7 Å². The first kappa shape index (κ1) is 27.7. The molecule has 0 aliphatic heterocycles. The molecule has 6 nitrogen and oxygen atoms in total. The molecule has 0 saturated heterocycles. The van der Waals surface area contributed by atoms with E-state index in [0.29, 0.717) is 11.1 Å². The van der Waals surface area contributed by atoms with Gasteiger partial charge in [0.05, 0.1) is 13.0 Å². The topological polar surface area (TPSA) is 89.9 Å². The summed E-state index contributed by atoms with van der Waals surface area (Å²) in [4.78, 5) is 39.3. The molecule has 0 fully saturated rings. The van der Waals surface area contributed by atoms with Crippen LogP contribution in [0.25, 0.3) is 0 Å². The first-order chi connectivity index (χ1) is 16.1. The Balaban J connectivity index is 2.17. The van der Waals surface area contributed by atoms with Crippen LogP contribution in [0, 0.1) is 5.92 Å². The summed E-state index contributed by atoms with van der Waals surface area (Å²) >= 11 is 3.08. The van der Waals surface area contributed by atoms with Crippen LogP contribution in [0.5, 0.6) is 0 Å². The average Bonchev–Trinajstić information content (AvgIpc) is 2.85. The Morgan fingerprint density at radius 1 is 0.971 bits per heavy atom. The average molecular weight is 503 g/mol. The molecule has 0 aliphatic carbocycles. The minimum atomic E-state index is -2.05. The minimum absolute atomic E-state index is 0.0297. The van der Waals surface area contributed by atoms with Crippen LogP contribution in [0.2, 0.25) is 0 Å². The Kier molecular flexibility index (Phi) is 10.4. The molecule has 34 heavy (non-hydrogen) atoms. The fraction of sp³-hybridized carbons (Fsp3) is 0.346. The van der Waals surface area contributed by atoms with Gasteiger partial charge in [-0.3, -0.25) is 9.59 Å². The molecule has 0 bridgehead atoms. The van der Waals surface area contributed by atoms with E-state index >= 15 is 0 Å². The number of carbonyl (C=O) groups is 3. The van der Waals surface area contributed by atoms with Crippen molar-refractivity contribution in [3.8, 4) is 0 Å². The Morgan fingerprint density at radius 3 is 2.00 bits per heavy atom. The molecule has 2 atom stereocenters. The zero-order valence-corrected chi connectivity index (χ0v) is 21.5. The van der Waals surface area contributed by atoms with Crippen molar-refractivity contribution in [2.75, 3.05) is 25.7 Å². The number of hydrogen-bond acceptors (Lipinski definition) is 8. The van der Waals surface area contributed by atoms with Crippen molar-refractivity contribution in [3.05, 3.63) is 71.8 Å². The van der Waals surface area contributed by atoms with E-state index in [1.807, 2.05) is 12.5 Å². The summed E-state index contributed by atoms with van der Waals surface area (Å²) in [5, 5.41) is 11.5. The third-order valence-electron chi connectivity index (χ3n) is 5.10. The fourth-order valence-corrected chi connectivity index (χ4v) is 3.87. The SMILES string of the molecule is C=C(C)C(=O)OCC(C)CC(=O)OCC(O)(C(=O)c1ccc(SC)cc1)c1ccc(SC)cc1. The first-order valence-electron chi connectivity index (χ1n) is 10.6. The predicted molar refractivity (Wildman–Crippen MR) is 135 cm³/mol. The summed E-state index contributed by atoms with van der Waals surface area (Å²) in [6.07, 6.45) is 3.82. The molecule has 0 spiro atoms. The summed E-state index contributed by atoms with van der Waals surface area (Å²) in [6, 6.07) is 13.8. The van der Waals surface area contributed by atoms with Gasteiger partial charge in [-0.2, -0.15) is 0 Å². The number of carbonyl (C=O) groups excluding carboxylic acids is 3. The van der Waals surface area contributed by atoms with Gasteiger partial charge < -0.3 is 14.6 Å². The van der Waals surface area contributed by atoms with E-state index < -0.39 is 29.9 Å². The van der Waals surface area contributed by atoms with Crippen molar-refractivity contribution >= 4 is 41.2 Å². The van der Waals surface area contributed by atoms with Crippen molar-refractivity contribution in [3.63, 3.8) is 0 Å². The number of ketones is 1. The van der Waals surface area contributed by atoms with Crippen molar-refractivity contribution in [1.29, 1.82) is 0 Å². The number of aliphatic hydroxyl groups is 1. The fourth-order valence-electron chi connectivity index (χ4n) is 3.06. The van der Waals surface area contributed by atoms with Crippen molar-refractivity contribution in [2.45, 2.75) is 35.7 Å². The summed E-state index contributed by atoms with van der Waals surface area (Å²) < 4.78 is 10.4. The maximum atomic E-state index is 13.4. The van der Waals surface area contributed by atoms with Crippen LogP contribution in [0.4, 0.5) is 0 Å². The van der Waals surface area contributed by atoms with E-state index in [1.165, 1.54) is 11.8 Å². The van der Waals surface area contributed by atoms with Crippen molar-refractivity contribution in [2.24, 2.45) is 5.92 Å². The highest BCUT2D eigenvalue weighted by molar-refractivity contribution is 7.98. The molecule has 2 aromatic rings. The highest BCUT2D eigenvalue weighted by Crippen LogP contribution is 2.29. The lowest BCUT2D eigenvalue weighted by Gasteiger charge is -2.27. The van der Waals surface area contributed by atoms with Gasteiger partial charge in [-0.1, -0.05) is 37.8 Å². The molecule has 1 N–H and O–H groups in total. The molecule has 182 valence electrons. The molecule has 0 saturated carbocycles. The second-order valence-electron chi connectivity index (χ2n) is 8.00.